The molecular weight excluding hydrogens is 297 g/mol. The summed E-state index contributed by atoms with van der Waals surface area (Å²) in [6.07, 6.45) is 1.52. The van der Waals surface area contributed by atoms with Crippen LogP contribution >= 0.6 is 23.2 Å². The molecular formula is C15H19Cl2NO2. The van der Waals surface area contributed by atoms with Crippen molar-refractivity contribution in [3.8, 4) is 0 Å². The number of carbonyl (C=O) groups excluding carboxylic acids is 1. The second-order valence-electron chi connectivity index (χ2n) is 5.60. The highest BCUT2D eigenvalue weighted by Crippen LogP contribution is 2.34. The highest BCUT2D eigenvalue weighted by Gasteiger charge is 2.31. The minimum absolute atomic E-state index is 0.00397. The quantitative estimate of drug-likeness (QED) is 0.922. The maximum atomic E-state index is 12.4. The normalized spacial score (nSPS) is 17.0. The molecule has 0 spiro atoms. The minimum Gasteiger partial charge on any atom is -0.381 e. The molecule has 0 aromatic heterocycles. The first-order chi connectivity index (χ1) is 9.42. The first kappa shape index (κ1) is 15.6. The van der Waals surface area contributed by atoms with Gasteiger partial charge in [-0.1, -0.05) is 29.3 Å². The molecule has 1 aliphatic heterocycles. The van der Waals surface area contributed by atoms with Crippen LogP contribution in [-0.2, 0) is 15.1 Å². The number of rotatable bonds is 3. The third-order valence-electron chi connectivity index (χ3n) is 3.62. The van der Waals surface area contributed by atoms with Gasteiger partial charge in [-0.2, -0.15) is 0 Å². The van der Waals surface area contributed by atoms with Crippen molar-refractivity contribution in [1.29, 1.82) is 0 Å². The van der Waals surface area contributed by atoms with Gasteiger partial charge in [-0.15, -0.1) is 0 Å². The molecule has 1 saturated heterocycles. The number of halogens is 2. The molecule has 3 nitrogen and oxygen atoms in total. The molecule has 0 saturated carbocycles. The lowest BCUT2D eigenvalue weighted by molar-refractivity contribution is -0.129. The first-order valence-corrected chi connectivity index (χ1v) is 7.51. The van der Waals surface area contributed by atoms with Crippen LogP contribution in [0.25, 0.3) is 0 Å². The molecule has 0 radical (unpaired) electrons. The Hall–Kier alpha value is -0.770. The number of benzene rings is 1. The Morgan fingerprint density at radius 3 is 2.35 bits per heavy atom. The number of carbonyl (C=O) groups is 1. The van der Waals surface area contributed by atoms with Gasteiger partial charge in [0.2, 0.25) is 5.91 Å². The van der Waals surface area contributed by atoms with Gasteiger partial charge in [-0.3, -0.25) is 4.79 Å². The van der Waals surface area contributed by atoms with Crippen LogP contribution < -0.4 is 5.32 Å². The number of ether oxygens (including phenoxy) is 1. The number of nitrogens with one attached hydrogen (secondary N) is 1. The molecule has 5 heteroatoms. The van der Waals surface area contributed by atoms with Crippen LogP contribution in [-0.4, -0.2) is 19.1 Å². The fourth-order valence-corrected chi connectivity index (χ4v) is 3.40. The number of hydrogen-bond donors (Lipinski definition) is 1. The van der Waals surface area contributed by atoms with Crippen molar-refractivity contribution < 1.29 is 9.53 Å². The largest absolute Gasteiger partial charge is 0.381 e. The zero-order chi connectivity index (χ0) is 14.8. The van der Waals surface area contributed by atoms with Crippen molar-refractivity contribution in [3.63, 3.8) is 0 Å². The second kappa shape index (κ2) is 6.33. The molecule has 1 fully saturated rings. The van der Waals surface area contributed by atoms with E-state index in [-0.39, 0.29) is 11.8 Å². The molecule has 0 aliphatic carbocycles. The Morgan fingerprint density at radius 1 is 1.25 bits per heavy atom. The van der Waals surface area contributed by atoms with Crippen LogP contribution in [0.5, 0.6) is 0 Å². The van der Waals surface area contributed by atoms with Crippen LogP contribution in [0.15, 0.2) is 18.2 Å². The molecule has 1 aliphatic rings. The highest BCUT2D eigenvalue weighted by atomic mass is 35.5. The molecule has 2 rings (SSSR count). The van der Waals surface area contributed by atoms with Gasteiger partial charge in [0.05, 0.1) is 5.54 Å². The van der Waals surface area contributed by atoms with Crippen molar-refractivity contribution in [3.05, 3.63) is 33.8 Å². The van der Waals surface area contributed by atoms with Crippen molar-refractivity contribution in [2.24, 2.45) is 5.92 Å². The van der Waals surface area contributed by atoms with Crippen molar-refractivity contribution in [1.82, 2.24) is 5.32 Å². The van der Waals surface area contributed by atoms with E-state index < -0.39 is 5.54 Å². The molecule has 0 bridgehead atoms. The third-order valence-corrected chi connectivity index (χ3v) is 4.25. The first-order valence-electron chi connectivity index (χ1n) is 6.76. The number of amides is 1. The zero-order valence-corrected chi connectivity index (χ0v) is 13.2. The Bertz CT molecular complexity index is 476. The average molecular weight is 316 g/mol. The highest BCUT2D eigenvalue weighted by molar-refractivity contribution is 6.36. The lowest BCUT2D eigenvalue weighted by atomic mass is 9.91. The monoisotopic (exact) mass is 315 g/mol. The predicted octanol–water partition coefficient (Wildman–Crippen LogP) is 3.77. The standard InChI is InChI=1S/C15H19Cl2NO2/c1-15(2,13-11(16)4-3-5-12(13)17)18-14(19)10-6-8-20-9-7-10/h3-5,10H,6-9H2,1-2H3,(H,18,19). The van der Waals surface area contributed by atoms with E-state index in [1.54, 1.807) is 18.2 Å². The molecule has 0 unspecified atom stereocenters. The summed E-state index contributed by atoms with van der Waals surface area (Å²) in [4.78, 5) is 12.4. The molecule has 1 N–H and O–H groups in total. The molecule has 1 heterocycles. The Morgan fingerprint density at radius 2 is 1.80 bits per heavy atom. The smallest absolute Gasteiger partial charge is 0.223 e. The topological polar surface area (TPSA) is 38.3 Å². The molecule has 110 valence electrons. The summed E-state index contributed by atoms with van der Waals surface area (Å²) in [5.74, 6) is 0.0403. The van der Waals surface area contributed by atoms with Crippen molar-refractivity contribution in [2.75, 3.05) is 13.2 Å². The minimum atomic E-state index is -0.606. The molecule has 20 heavy (non-hydrogen) atoms. The summed E-state index contributed by atoms with van der Waals surface area (Å²) in [5.41, 5.74) is 0.147. The SMILES string of the molecule is CC(C)(NC(=O)C1CCOCC1)c1c(Cl)cccc1Cl. The van der Waals surface area contributed by atoms with Gasteiger partial charge in [0.15, 0.2) is 0 Å². The average Bonchev–Trinajstić information content (AvgIpc) is 2.38. The van der Waals surface area contributed by atoms with E-state index in [1.807, 2.05) is 13.8 Å². The summed E-state index contributed by atoms with van der Waals surface area (Å²) in [6, 6.07) is 5.36. The van der Waals surface area contributed by atoms with E-state index in [0.29, 0.717) is 23.3 Å². The van der Waals surface area contributed by atoms with Gasteiger partial charge in [0.1, 0.15) is 0 Å². The Labute approximate surface area is 129 Å². The van der Waals surface area contributed by atoms with Gasteiger partial charge in [-0.25, -0.2) is 0 Å². The molecule has 1 amide bonds. The van der Waals surface area contributed by atoms with Crippen LogP contribution in [0.3, 0.4) is 0 Å². The van der Waals surface area contributed by atoms with E-state index in [2.05, 4.69) is 5.32 Å². The van der Waals surface area contributed by atoms with E-state index >= 15 is 0 Å². The van der Waals surface area contributed by atoms with Gasteiger partial charge in [0.25, 0.3) is 0 Å². The summed E-state index contributed by atoms with van der Waals surface area (Å²) in [5, 5.41) is 4.19. The van der Waals surface area contributed by atoms with Crippen LogP contribution in [0.2, 0.25) is 10.0 Å². The zero-order valence-electron chi connectivity index (χ0n) is 11.7. The van der Waals surface area contributed by atoms with Gasteiger partial charge < -0.3 is 10.1 Å². The van der Waals surface area contributed by atoms with E-state index in [9.17, 15) is 4.79 Å². The third kappa shape index (κ3) is 3.46. The van der Waals surface area contributed by atoms with Gasteiger partial charge in [0, 0.05) is 34.7 Å². The van der Waals surface area contributed by atoms with Crippen molar-refractivity contribution >= 4 is 29.1 Å². The maximum Gasteiger partial charge on any atom is 0.223 e. The van der Waals surface area contributed by atoms with E-state index in [4.69, 9.17) is 27.9 Å². The van der Waals surface area contributed by atoms with Crippen molar-refractivity contribution in [2.45, 2.75) is 32.2 Å². The fourth-order valence-electron chi connectivity index (χ4n) is 2.53. The van der Waals surface area contributed by atoms with Crippen LogP contribution in [0, 0.1) is 5.92 Å². The maximum absolute atomic E-state index is 12.4. The second-order valence-corrected chi connectivity index (χ2v) is 6.41. The lowest BCUT2D eigenvalue weighted by Gasteiger charge is -2.31. The number of hydrogen-bond acceptors (Lipinski definition) is 2. The summed E-state index contributed by atoms with van der Waals surface area (Å²) in [7, 11) is 0. The summed E-state index contributed by atoms with van der Waals surface area (Å²) in [6.45, 7) is 5.12. The lowest BCUT2D eigenvalue weighted by Crippen LogP contribution is -2.45. The van der Waals surface area contributed by atoms with Crippen LogP contribution in [0.1, 0.15) is 32.3 Å². The van der Waals surface area contributed by atoms with E-state index in [1.165, 1.54) is 0 Å². The van der Waals surface area contributed by atoms with Crippen LogP contribution in [0.4, 0.5) is 0 Å². The van der Waals surface area contributed by atoms with E-state index in [0.717, 1.165) is 18.4 Å². The van der Waals surface area contributed by atoms with Gasteiger partial charge >= 0.3 is 0 Å². The Kier molecular flexibility index (Phi) is 4.95. The molecule has 1 aromatic carbocycles. The Balaban J connectivity index is 2.16. The predicted molar refractivity (Wildman–Crippen MR) is 81.2 cm³/mol. The summed E-state index contributed by atoms with van der Waals surface area (Å²) < 4.78 is 5.28. The molecule has 1 aromatic rings. The fraction of sp³-hybridized carbons (Fsp3) is 0.533. The summed E-state index contributed by atoms with van der Waals surface area (Å²) >= 11 is 12.5. The molecule has 0 atom stereocenters. The van der Waals surface area contributed by atoms with Gasteiger partial charge in [-0.05, 0) is 38.8 Å².